The predicted molar refractivity (Wildman–Crippen MR) is 71.0 cm³/mol. The predicted octanol–water partition coefficient (Wildman–Crippen LogP) is 2.61. The highest BCUT2D eigenvalue weighted by Crippen LogP contribution is 2.38. The zero-order valence-corrected chi connectivity index (χ0v) is 11.1. The molecule has 1 atom stereocenters. The van der Waals surface area contributed by atoms with Crippen molar-refractivity contribution in [3.05, 3.63) is 24.3 Å². The van der Waals surface area contributed by atoms with Crippen LogP contribution in [-0.4, -0.2) is 22.2 Å². The Bertz CT molecular complexity index is 347. The maximum absolute atomic E-state index is 6.43. The average Bonchev–Trinajstić information content (AvgIpc) is 2.66. The van der Waals surface area contributed by atoms with Gasteiger partial charge in [-0.15, -0.1) is 0 Å². The zero-order chi connectivity index (χ0) is 12.8. The van der Waals surface area contributed by atoms with E-state index in [1.807, 2.05) is 6.92 Å². The molecule has 1 aliphatic carbocycles. The monoisotopic (exact) mass is 249 g/mol. The molecular weight excluding hydrogens is 226 g/mol. The average molecular weight is 249 g/mol. The van der Waals surface area contributed by atoms with E-state index in [9.17, 15) is 0 Å². The first-order valence-corrected chi connectivity index (χ1v) is 6.94. The Morgan fingerprint density at radius 2 is 2.00 bits per heavy atom. The third kappa shape index (κ3) is 2.87. The van der Waals surface area contributed by atoms with Gasteiger partial charge in [-0.1, -0.05) is 25.7 Å². The Morgan fingerprint density at radius 3 is 2.56 bits per heavy atom. The topological polar surface area (TPSA) is 61.0 Å². The number of rotatable bonds is 4. The molecule has 0 bridgehead atoms. The van der Waals surface area contributed by atoms with Gasteiger partial charge < -0.3 is 10.5 Å². The van der Waals surface area contributed by atoms with E-state index in [4.69, 9.17) is 10.5 Å². The summed E-state index contributed by atoms with van der Waals surface area (Å²) in [6, 6.07) is -0.177. The third-order valence-electron chi connectivity index (χ3n) is 3.85. The summed E-state index contributed by atoms with van der Waals surface area (Å²) >= 11 is 0. The summed E-state index contributed by atoms with van der Waals surface area (Å²) < 4.78 is 6.07. The van der Waals surface area contributed by atoms with Gasteiger partial charge in [0.1, 0.15) is 0 Å². The Kier molecular flexibility index (Phi) is 4.66. The maximum Gasteiger partial charge on any atom is 0.0890 e. The first-order chi connectivity index (χ1) is 8.78. The summed E-state index contributed by atoms with van der Waals surface area (Å²) in [6.45, 7) is 2.74. The molecule has 1 unspecified atom stereocenters. The third-order valence-corrected chi connectivity index (χ3v) is 3.85. The summed E-state index contributed by atoms with van der Waals surface area (Å²) in [7, 11) is 0. The molecular formula is C14H23N3O. The summed E-state index contributed by atoms with van der Waals surface area (Å²) in [5, 5.41) is 0. The summed E-state index contributed by atoms with van der Waals surface area (Å²) in [4.78, 5) is 8.46. The minimum Gasteiger partial charge on any atom is -0.373 e. The van der Waals surface area contributed by atoms with Crippen LogP contribution in [0, 0.1) is 0 Å². The van der Waals surface area contributed by atoms with Crippen LogP contribution in [0.3, 0.4) is 0 Å². The Labute approximate surface area is 109 Å². The minimum atomic E-state index is -0.249. The van der Waals surface area contributed by atoms with Crippen LogP contribution in [0.15, 0.2) is 18.6 Å². The lowest BCUT2D eigenvalue weighted by Gasteiger charge is -2.37. The molecule has 1 fully saturated rings. The molecule has 0 spiro atoms. The van der Waals surface area contributed by atoms with Crippen molar-refractivity contribution in [3.8, 4) is 0 Å². The molecule has 1 aromatic rings. The van der Waals surface area contributed by atoms with E-state index in [0.29, 0.717) is 6.61 Å². The first kappa shape index (κ1) is 13.4. The fourth-order valence-corrected chi connectivity index (χ4v) is 2.90. The van der Waals surface area contributed by atoms with Gasteiger partial charge in [0.15, 0.2) is 0 Å². The lowest BCUT2D eigenvalue weighted by molar-refractivity contribution is -0.0704. The van der Waals surface area contributed by atoms with Crippen molar-refractivity contribution in [1.82, 2.24) is 9.97 Å². The Morgan fingerprint density at radius 1 is 1.28 bits per heavy atom. The van der Waals surface area contributed by atoms with Crippen molar-refractivity contribution >= 4 is 0 Å². The largest absolute Gasteiger partial charge is 0.373 e. The van der Waals surface area contributed by atoms with Crippen molar-refractivity contribution in [2.24, 2.45) is 5.73 Å². The summed E-state index contributed by atoms with van der Waals surface area (Å²) in [5.41, 5.74) is 7.02. The van der Waals surface area contributed by atoms with Gasteiger partial charge in [0.25, 0.3) is 0 Å². The quantitative estimate of drug-likeness (QED) is 0.833. The number of ether oxygens (including phenoxy) is 1. The van der Waals surface area contributed by atoms with Gasteiger partial charge in [0, 0.05) is 19.0 Å². The van der Waals surface area contributed by atoms with E-state index in [1.54, 1.807) is 18.6 Å². The van der Waals surface area contributed by atoms with Crippen LogP contribution in [-0.2, 0) is 4.74 Å². The molecule has 1 heterocycles. The van der Waals surface area contributed by atoms with Crippen LogP contribution in [0.2, 0.25) is 0 Å². The lowest BCUT2D eigenvalue weighted by atomic mass is 9.85. The number of hydrogen-bond acceptors (Lipinski definition) is 4. The van der Waals surface area contributed by atoms with E-state index in [1.165, 1.54) is 25.7 Å². The van der Waals surface area contributed by atoms with Gasteiger partial charge in [-0.25, -0.2) is 0 Å². The van der Waals surface area contributed by atoms with E-state index in [2.05, 4.69) is 9.97 Å². The van der Waals surface area contributed by atoms with Gasteiger partial charge in [-0.3, -0.25) is 9.97 Å². The minimum absolute atomic E-state index is 0.177. The van der Waals surface area contributed by atoms with Gasteiger partial charge in [0.05, 0.1) is 23.5 Å². The number of nitrogens with two attached hydrogens (primary N) is 1. The number of hydrogen-bond donors (Lipinski definition) is 1. The normalized spacial score (nSPS) is 21.2. The summed E-state index contributed by atoms with van der Waals surface area (Å²) in [6.07, 6.45) is 12.1. The van der Waals surface area contributed by atoms with E-state index < -0.39 is 0 Å². The first-order valence-electron chi connectivity index (χ1n) is 6.94. The molecule has 4 nitrogen and oxygen atoms in total. The van der Waals surface area contributed by atoms with E-state index in [0.717, 1.165) is 18.5 Å². The zero-order valence-electron chi connectivity index (χ0n) is 11.1. The molecule has 0 aliphatic heterocycles. The highest BCUT2D eigenvalue weighted by Gasteiger charge is 2.39. The molecule has 0 saturated heterocycles. The number of nitrogens with zero attached hydrogens (tertiary/aromatic N) is 2. The van der Waals surface area contributed by atoms with Crippen LogP contribution in [0.25, 0.3) is 0 Å². The second kappa shape index (κ2) is 6.25. The highest BCUT2D eigenvalue weighted by molar-refractivity contribution is 5.09. The molecule has 1 aliphatic rings. The highest BCUT2D eigenvalue weighted by atomic mass is 16.5. The second-order valence-corrected chi connectivity index (χ2v) is 5.02. The molecule has 2 rings (SSSR count). The number of aromatic nitrogens is 2. The van der Waals surface area contributed by atoms with Gasteiger partial charge in [0.2, 0.25) is 0 Å². The van der Waals surface area contributed by atoms with Crippen molar-refractivity contribution < 1.29 is 4.74 Å². The second-order valence-electron chi connectivity index (χ2n) is 5.02. The Balaban J connectivity index is 2.22. The standard InChI is InChI=1S/C14H23N3O/c1-2-18-14(7-5-3-4-6-8-14)13(15)12-11-16-9-10-17-12/h9-11,13H,2-8,15H2,1H3. The molecule has 4 heteroatoms. The van der Waals surface area contributed by atoms with Crippen molar-refractivity contribution in [1.29, 1.82) is 0 Å². The molecule has 0 amide bonds. The molecule has 0 aromatic carbocycles. The maximum atomic E-state index is 6.43. The molecule has 1 saturated carbocycles. The Hall–Kier alpha value is -1.00. The van der Waals surface area contributed by atoms with Gasteiger partial charge in [-0.2, -0.15) is 0 Å². The van der Waals surface area contributed by atoms with Crippen LogP contribution < -0.4 is 5.73 Å². The molecule has 0 radical (unpaired) electrons. The van der Waals surface area contributed by atoms with Crippen molar-refractivity contribution in [3.63, 3.8) is 0 Å². The molecule has 1 aromatic heterocycles. The van der Waals surface area contributed by atoms with Crippen LogP contribution in [0.5, 0.6) is 0 Å². The fraction of sp³-hybridized carbons (Fsp3) is 0.714. The summed E-state index contributed by atoms with van der Waals surface area (Å²) in [5.74, 6) is 0. The molecule has 2 N–H and O–H groups in total. The van der Waals surface area contributed by atoms with Crippen molar-refractivity contribution in [2.75, 3.05) is 6.61 Å². The van der Waals surface area contributed by atoms with Gasteiger partial charge >= 0.3 is 0 Å². The molecule has 100 valence electrons. The van der Waals surface area contributed by atoms with Crippen LogP contribution in [0.1, 0.15) is 57.2 Å². The van der Waals surface area contributed by atoms with Gasteiger partial charge in [-0.05, 0) is 19.8 Å². The lowest BCUT2D eigenvalue weighted by Crippen LogP contribution is -2.44. The van der Waals surface area contributed by atoms with Crippen LogP contribution in [0.4, 0.5) is 0 Å². The van der Waals surface area contributed by atoms with Crippen molar-refractivity contribution in [2.45, 2.75) is 57.1 Å². The molecule has 18 heavy (non-hydrogen) atoms. The fourth-order valence-electron chi connectivity index (χ4n) is 2.90. The van der Waals surface area contributed by atoms with E-state index in [-0.39, 0.29) is 11.6 Å². The van der Waals surface area contributed by atoms with E-state index >= 15 is 0 Å². The van der Waals surface area contributed by atoms with Crippen LogP contribution >= 0.6 is 0 Å². The smallest absolute Gasteiger partial charge is 0.0890 e. The SMILES string of the molecule is CCOC1(C(N)c2cnccn2)CCCCCC1.